The molecule has 112 valence electrons. The maximum absolute atomic E-state index is 13.3. The van der Waals surface area contributed by atoms with Gasteiger partial charge in [0.1, 0.15) is 5.82 Å². The summed E-state index contributed by atoms with van der Waals surface area (Å²) >= 11 is 0. The molecule has 0 bridgehead atoms. The highest BCUT2D eigenvalue weighted by Crippen LogP contribution is 2.25. The summed E-state index contributed by atoms with van der Waals surface area (Å²) < 4.78 is 26.6. The van der Waals surface area contributed by atoms with E-state index in [2.05, 4.69) is 9.97 Å². The van der Waals surface area contributed by atoms with Crippen LogP contribution in [-0.2, 0) is 0 Å². The van der Waals surface area contributed by atoms with Gasteiger partial charge in [-0.15, -0.1) is 0 Å². The van der Waals surface area contributed by atoms with E-state index in [9.17, 15) is 8.78 Å². The van der Waals surface area contributed by atoms with Gasteiger partial charge < -0.3 is 4.98 Å². The molecule has 0 atom stereocenters. The standard InChI is InChI=1S/C19H12F2N2/c20-15-10-17-18(11-16(15)21)23-19(22-17)14-8-6-13(7-9-14)12-4-2-1-3-5-12/h1-11H,(H,22,23). The Balaban J connectivity index is 1.73. The predicted molar refractivity (Wildman–Crippen MR) is 86.9 cm³/mol. The second-order valence-corrected chi connectivity index (χ2v) is 5.31. The maximum Gasteiger partial charge on any atom is 0.161 e. The Labute approximate surface area is 131 Å². The van der Waals surface area contributed by atoms with Crippen LogP contribution in [0.15, 0.2) is 66.7 Å². The van der Waals surface area contributed by atoms with Crippen LogP contribution in [0.2, 0.25) is 0 Å². The van der Waals surface area contributed by atoms with E-state index in [1.807, 2.05) is 54.6 Å². The van der Waals surface area contributed by atoms with Gasteiger partial charge in [0.2, 0.25) is 0 Å². The monoisotopic (exact) mass is 306 g/mol. The van der Waals surface area contributed by atoms with Gasteiger partial charge >= 0.3 is 0 Å². The SMILES string of the molecule is Fc1cc2nc(-c3ccc(-c4ccccc4)cc3)[nH]c2cc1F. The van der Waals surface area contributed by atoms with Gasteiger partial charge in [-0.1, -0.05) is 54.6 Å². The first kappa shape index (κ1) is 13.6. The van der Waals surface area contributed by atoms with Crippen LogP contribution in [-0.4, -0.2) is 9.97 Å². The summed E-state index contributed by atoms with van der Waals surface area (Å²) in [5.74, 6) is -1.19. The van der Waals surface area contributed by atoms with E-state index in [-0.39, 0.29) is 0 Å². The van der Waals surface area contributed by atoms with Crippen molar-refractivity contribution in [2.75, 3.05) is 0 Å². The van der Waals surface area contributed by atoms with Crippen LogP contribution in [0.4, 0.5) is 8.78 Å². The number of rotatable bonds is 2. The van der Waals surface area contributed by atoms with Crippen LogP contribution < -0.4 is 0 Å². The zero-order chi connectivity index (χ0) is 15.8. The van der Waals surface area contributed by atoms with E-state index < -0.39 is 11.6 Å². The molecule has 0 saturated heterocycles. The molecule has 1 heterocycles. The van der Waals surface area contributed by atoms with Crippen molar-refractivity contribution in [2.24, 2.45) is 0 Å². The zero-order valence-corrected chi connectivity index (χ0v) is 12.1. The molecule has 1 N–H and O–H groups in total. The van der Waals surface area contributed by atoms with Crippen LogP contribution >= 0.6 is 0 Å². The number of aromatic nitrogens is 2. The minimum absolute atomic E-state index is 0.408. The van der Waals surface area contributed by atoms with Gasteiger partial charge in [-0.3, -0.25) is 0 Å². The Bertz CT molecular complexity index is 935. The lowest BCUT2D eigenvalue weighted by atomic mass is 10.0. The number of aromatic amines is 1. The summed E-state index contributed by atoms with van der Waals surface area (Å²) in [5, 5.41) is 0. The molecule has 0 aliphatic carbocycles. The fourth-order valence-corrected chi connectivity index (χ4v) is 2.59. The lowest BCUT2D eigenvalue weighted by Gasteiger charge is -2.02. The lowest BCUT2D eigenvalue weighted by Crippen LogP contribution is -1.82. The molecule has 0 amide bonds. The molecule has 0 spiro atoms. The minimum atomic E-state index is -0.894. The first-order valence-electron chi connectivity index (χ1n) is 7.21. The zero-order valence-electron chi connectivity index (χ0n) is 12.1. The van der Waals surface area contributed by atoms with E-state index in [0.29, 0.717) is 16.9 Å². The van der Waals surface area contributed by atoms with Gasteiger partial charge in [-0.05, 0) is 11.1 Å². The molecule has 4 heteroatoms. The molecule has 3 aromatic carbocycles. The Morgan fingerprint density at radius 3 is 2.04 bits per heavy atom. The number of nitrogens with one attached hydrogen (secondary N) is 1. The van der Waals surface area contributed by atoms with E-state index in [1.165, 1.54) is 0 Å². The molecule has 0 saturated carbocycles. The van der Waals surface area contributed by atoms with Crippen molar-refractivity contribution in [3.05, 3.63) is 78.4 Å². The van der Waals surface area contributed by atoms with Crippen molar-refractivity contribution < 1.29 is 8.78 Å². The van der Waals surface area contributed by atoms with Crippen LogP contribution in [0, 0.1) is 11.6 Å². The normalized spacial score (nSPS) is 11.0. The molecule has 0 aliphatic heterocycles. The maximum atomic E-state index is 13.3. The lowest BCUT2D eigenvalue weighted by molar-refractivity contribution is 0.510. The highest BCUT2D eigenvalue weighted by molar-refractivity contribution is 5.80. The van der Waals surface area contributed by atoms with Gasteiger partial charge in [-0.2, -0.15) is 0 Å². The van der Waals surface area contributed by atoms with E-state index in [1.54, 1.807) is 0 Å². The van der Waals surface area contributed by atoms with Crippen LogP contribution in [0.25, 0.3) is 33.5 Å². The molecule has 1 aromatic heterocycles. The number of halogens is 2. The molecule has 2 nitrogen and oxygen atoms in total. The van der Waals surface area contributed by atoms with Crippen molar-refractivity contribution in [3.8, 4) is 22.5 Å². The summed E-state index contributed by atoms with van der Waals surface area (Å²) in [4.78, 5) is 7.35. The highest BCUT2D eigenvalue weighted by Gasteiger charge is 2.10. The fourth-order valence-electron chi connectivity index (χ4n) is 2.59. The van der Waals surface area contributed by atoms with Gasteiger partial charge in [0.05, 0.1) is 11.0 Å². The quantitative estimate of drug-likeness (QED) is 0.543. The first-order chi connectivity index (χ1) is 11.2. The molecule has 0 fully saturated rings. The van der Waals surface area contributed by atoms with Crippen LogP contribution in [0.1, 0.15) is 0 Å². The van der Waals surface area contributed by atoms with Gasteiger partial charge in [-0.25, -0.2) is 13.8 Å². The van der Waals surface area contributed by atoms with E-state index in [0.717, 1.165) is 28.8 Å². The molecule has 0 radical (unpaired) electrons. The second kappa shape index (κ2) is 5.32. The number of imidazole rings is 1. The molecule has 0 aliphatic rings. The topological polar surface area (TPSA) is 28.7 Å². The number of hydrogen-bond acceptors (Lipinski definition) is 1. The summed E-state index contributed by atoms with van der Waals surface area (Å²) in [6.45, 7) is 0. The molecule has 4 rings (SSSR count). The number of H-pyrrole nitrogens is 1. The Hall–Kier alpha value is -3.01. The van der Waals surface area contributed by atoms with E-state index in [4.69, 9.17) is 0 Å². The molecule has 0 unspecified atom stereocenters. The number of nitrogens with zero attached hydrogens (tertiary/aromatic N) is 1. The smallest absolute Gasteiger partial charge is 0.161 e. The summed E-state index contributed by atoms with van der Waals surface area (Å²) in [7, 11) is 0. The summed E-state index contributed by atoms with van der Waals surface area (Å²) in [6.07, 6.45) is 0. The third kappa shape index (κ3) is 2.48. The Morgan fingerprint density at radius 1 is 0.696 bits per heavy atom. The van der Waals surface area contributed by atoms with Gasteiger partial charge in [0, 0.05) is 17.7 Å². The van der Waals surface area contributed by atoms with E-state index >= 15 is 0 Å². The molecular weight excluding hydrogens is 294 g/mol. The van der Waals surface area contributed by atoms with Crippen molar-refractivity contribution in [1.29, 1.82) is 0 Å². The highest BCUT2D eigenvalue weighted by atomic mass is 19.2. The van der Waals surface area contributed by atoms with Crippen molar-refractivity contribution in [1.82, 2.24) is 9.97 Å². The first-order valence-corrected chi connectivity index (χ1v) is 7.21. The molecule has 4 aromatic rings. The predicted octanol–water partition coefficient (Wildman–Crippen LogP) is 5.18. The number of benzene rings is 3. The summed E-state index contributed by atoms with van der Waals surface area (Å²) in [6, 6.07) is 20.1. The average Bonchev–Trinajstić information content (AvgIpc) is 2.99. The fraction of sp³-hybridized carbons (Fsp3) is 0. The van der Waals surface area contributed by atoms with Crippen molar-refractivity contribution in [3.63, 3.8) is 0 Å². The summed E-state index contributed by atoms with van der Waals surface area (Å²) in [5.41, 5.74) is 3.98. The number of fused-ring (bicyclic) bond motifs is 1. The molecule has 23 heavy (non-hydrogen) atoms. The van der Waals surface area contributed by atoms with Crippen molar-refractivity contribution >= 4 is 11.0 Å². The third-order valence-electron chi connectivity index (χ3n) is 3.79. The van der Waals surface area contributed by atoms with Gasteiger partial charge in [0.15, 0.2) is 11.6 Å². The van der Waals surface area contributed by atoms with Crippen LogP contribution in [0.5, 0.6) is 0 Å². The minimum Gasteiger partial charge on any atom is -0.338 e. The number of hydrogen-bond donors (Lipinski definition) is 1. The van der Waals surface area contributed by atoms with Crippen molar-refractivity contribution in [2.45, 2.75) is 0 Å². The second-order valence-electron chi connectivity index (χ2n) is 5.31. The van der Waals surface area contributed by atoms with Crippen LogP contribution in [0.3, 0.4) is 0 Å². The molecular formula is C19H12F2N2. The van der Waals surface area contributed by atoms with Gasteiger partial charge in [0.25, 0.3) is 0 Å². The average molecular weight is 306 g/mol. The Kier molecular flexibility index (Phi) is 3.15. The third-order valence-corrected chi connectivity index (χ3v) is 3.79. The Morgan fingerprint density at radius 2 is 1.30 bits per heavy atom. The largest absolute Gasteiger partial charge is 0.338 e.